The van der Waals surface area contributed by atoms with E-state index in [1.807, 2.05) is 109 Å². The highest BCUT2D eigenvalue weighted by molar-refractivity contribution is 6.09. The maximum atomic E-state index is 15.8. The second-order valence-corrected chi connectivity index (χ2v) is 11.3. The molecule has 3 heterocycles. The molecule has 0 N–H and O–H groups in total. The van der Waals surface area contributed by atoms with Crippen LogP contribution in [0.1, 0.15) is 9.68 Å². The van der Waals surface area contributed by atoms with E-state index in [1.165, 1.54) is 0 Å². The summed E-state index contributed by atoms with van der Waals surface area (Å²) in [5, 5.41) is 3.01. The van der Waals surface area contributed by atoms with Crippen molar-refractivity contribution in [1.29, 1.82) is 0 Å². The Bertz CT molecular complexity index is 2710. The minimum absolute atomic E-state index is 0.276. The van der Waals surface area contributed by atoms with Crippen LogP contribution in [0.2, 0.25) is 0 Å². The topological polar surface area (TPSA) is 43.9 Å². The quantitative estimate of drug-likeness (QED) is 0.202. The van der Waals surface area contributed by atoms with Crippen molar-refractivity contribution in [2.75, 3.05) is 0 Å². The van der Waals surface area contributed by atoms with E-state index in [0.717, 1.165) is 55.1 Å². The number of aromatic nitrogens is 3. The predicted molar refractivity (Wildman–Crippen MR) is 185 cm³/mol. The Hall–Kier alpha value is -6.07. The molecule has 218 valence electrons. The Balaban J connectivity index is 1.30. The molecule has 0 spiro atoms. The lowest BCUT2D eigenvalue weighted by atomic mass is 9.97. The molecule has 9 aromatic rings. The van der Waals surface area contributed by atoms with Gasteiger partial charge in [0.15, 0.2) is 0 Å². The highest BCUT2D eigenvalue weighted by atomic mass is 19.1. The van der Waals surface area contributed by atoms with Gasteiger partial charge in [-0.05, 0) is 48.8 Å². The number of furan rings is 1. The van der Waals surface area contributed by atoms with Gasteiger partial charge in [0, 0.05) is 36.8 Å². The molecule has 0 aliphatic heterocycles. The van der Waals surface area contributed by atoms with E-state index in [4.69, 9.17) is 18.5 Å². The summed E-state index contributed by atoms with van der Waals surface area (Å²) < 4.78 is 47.6. The Morgan fingerprint density at radius 1 is 0.630 bits per heavy atom. The number of aryl methyl sites for hydroxylation is 1. The van der Waals surface area contributed by atoms with Crippen molar-refractivity contribution in [3.8, 4) is 39.5 Å². The molecule has 3 aromatic heterocycles. The van der Waals surface area contributed by atoms with Crippen molar-refractivity contribution in [1.82, 2.24) is 14.5 Å². The fraction of sp³-hybridized carbons (Fsp3) is 0.0244. The van der Waals surface area contributed by atoms with Crippen LogP contribution in [0.25, 0.3) is 83.3 Å². The van der Waals surface area contributed by atoms with Crippen molar-refractivity contribution >= 4 is 43.9 Å². The van der Waals surface area contributed by atoms with Gasteiger partial charge in [-0.15, -0.1) is 0 Å². The molecular weight excluding hydrogens is 569 g/mol. The Kier molecular flexibility index (Phi) is 5.20. The molecule has 9 rings (SSSR count). The maximum absolute atomic E-state index is 15.8. The molecule has 0 unspecified atom stereocenters. The van der Waals surface area contributed by atoms with E-state index in [2.05, 4.69) is 4.57 Å². The van der Waals surface area contributed by atoms with Gasteiger partial charge in [-0.3, -0.25) is 4.57 Å². The fourth-order valence-electron chi connectivity index (χ4n) is 6.48. The second-order valence-electron chi connectivity index (χ2n) is 11.3. The van der Waals surface area contributed by atoms with Crippen LogP contribution in [0.3, 0.4) is 0 Å². The van der Waals surface area contributed by atoms with E-state index < -0.39 is 6.85 Å². The predicted octanol–water partition coefficient (Wildman–Crippen LogP) is 10.9. The monoisotopic (exact) mass is 598 g/mol. The smallest absolute Gasteiger partial charge is 0.227 e. The normalized spacial score (nSPS) is 12.9. The maximum Gasteiger partial charge on any atom is 0.227 e. The number of hydrogen-bond acceptors (Lipinski definition) is 3. The summed E-state index contributed by atoms with van der Waals surface area (Å²) in [4.78, 5) is 10.0. The van der Waals surface area contributed by atoms with Gasteiger partial charge < -0.3 is 4.42 Å². The van der Waals surface area contributed by atoms with Crippen molar-refractivity contribution in [3.63, 3.8) is 0 Å². The van der Waals surface area contributed by atoms with Crippen LogP contribution in [0.4, 0.5) is 4.39 Å². The van der Waals surface area contributed by atoms with Crippen LogP contribution in [-0.4, -0.2) is 14.5 Å². The van der Waals surface area contributed by atoms with Crippen molar-refractivity contribution in [2.24, 2.45) is 0 Å². The van der Waals surface area contributed by atoms with Crippen molar-refractivity contribution in [3.05, 3.63) is 151 Å². The molecule has 0 aliphatic carbocycles. The summed E-state index contributed by atoms with van der Waals surface area (Å²) in [7, 11) is 0. The Labute approximate surface area is 268 Å². The molecule has 0 saturated carbocycles. The second kappa shape index (κ2) is 10.2. The van der Waals surface area contributed by atoms with E-state index in [0.29, 0.717) is 28.2 Å². The molecule has 0 bridgehead atoms. The molecule has 46 heavy (non-hydrogen) atoms. The minimum atomic E-state index is -2.18. The number of fused-ring (bicyclic) bond motifs is 5. The third-order valence-corrected chi connectivity index (χ3v) is 8.62. The molecule has 4 nitrogen and oxygen atoms in total. The molecule has 0 amide bonds. The van der Waals surface area contributed by atoms with E-state index in [-0.39, 0.29) is 11.4 Å². The van der Waals surface area contributed by atoms with Crippen molar-refractivity contribution < 1.29 is 12.9 Å². The van der Waals surface area contributed by atoms with E-state index >= 15 is 4.39 Å². The summed E-state index contributed by atoms with van der Waals surface area (Å²) in [5.41, 5.74) is 7.70. The standard InChI is InChI=1S/C41H26FN3O/c1-25-18-20-27(21-19-25)35-23-22-31-30-14-9-15-32(39(30)46-41(31)44-35)40-43-36-16-7-8-17-37(36)45(40)38-29-13-6-5-12-28(29)34(42)24-33(38)26-10-3-2-4-11-26/h2-24H,1H3/i1D3. The molecular formula is C41H26FN3O. The summed E-state index contributed by atoms with van der Waals surface area (Å²) in [6, 6.07) is 43.6. The first kappa shape index (κ1) is 23.3. The first-order valence-corrected chi connectivity index (χ1v) is 15.0. The summed E-state index contributed by atoms with van der Waals surface area (Å²) in [6.07, 6.45) is 0. The lowest BCUT2D eigenvalue weighted by Gasteiger charge is -2.18. The summed E-state index contributed by atoms with van der Waals surface area (Å²) in [6.45, 7) is -2.18. The largest absolute Gasteiger partial charge is 0.437 e. The zero-order chi connectivity index (χ0) is 33.3. The molecule has 0 radical (unpaired) electrons. The van der Waals surface area contributed by atoms with E-state index in [1.54, 1.807) is 30.3 Å². The number of imidazole rings is 1. The van der Waals surface area contributed by atoms with Crippen LogP contribution in [-0.2, 0) is 0 Å². The van der Waals surface area contributed by atoms with Gasteiger partial charge in [-0.1, -0.05) is 109 Å². The minimum Gasteiger partial charge on any atom is -0.437 e. The lowest BCUT2D eigenvalue weighted by Crippen LogP contribution is -2.03. The number of rotatable bonds is 4. The number of para-hydroxylation sites is 3. The molecule has 0 fully saturated rings. The average molecular weight is 599 g/mol. The molecule has 0 atom stereocenters. The van der Waals surface area contributed by atoms with Crippen LogP contribution in [0.15, 0.2) is 144 Å². The number of nitrogens with zero attached hydrogens (tertiary/aromatic N) is 3. The number of halogens is 1. The van der Waals surface area contributed by atoms with Crippen LogP contribution in [0, 0.1) is 12.7 Å². The van der Waals surface area contributed by atoms with Crippen LogP contribution in [0.5, 0.6) is 0 Å². The lowest BCUT2D eigenvalue weighted by molar-refractivity contribution is 0.640. The molecule has 5 heteroatoms. The van der Waals surface area contributed by atoms with Crippen LogP contribution >= 0.6 is 0 Å². The fourth-order valence-corrected chi connectivity index (χ4v) is 6.48. The summed E-state index contributed by atoms with van der Waals surface area (Å²) in [5.74, 6) is 0.360. The summed E-state index contributed by atoms with van der Waals surface area (Å²) >= 11 is 0. The number of benzene rings is 6. The van der Waals surface area contributed by atoms with Gasteiger partial charge in [0.2, 0.25) is 5.71 Å². The van der Waals surface area contributed by atoms with Gasteiger partial charge in [0.05, 0.1) is 28.0 Å². The van der Waals surface area contributed by atoms with Gasteiger partial charge in [-0.25, -0.2) is 14.4 Å². The Morgan fingerprint density at radius 3 is 2.24 bits per heavy atom. The van der Waals surface area contributed by atoms with Crippen molar-refractivity contribution in [2.45, 2.75) is 6.85 Å². The third-order valence-electron chi connectivity index (χ3n) is 8.62. The molecule has 0 aliphatic rings. The first-order valence-electron chi connectivity index (χ1n) is 16.5. The highest BCUT2D eigenvalue weighted by Gasteiger charge is 2.24. The SMILES string of the molecule is [2H]C([2H])([2H])c1ccc(-c2ccc3c(n2)oc2c(-c4nc5ccccc5n4-c4c(-c5ccccc5)cc(F)c5ccccc45)cccc23)cc1. The van der Waals surface area contributed by atoms with Gasteiger partial charge in [-0.2, -0.15) is 0 Å². The van der Waals surface area contributed by atoms with Gasteiger partial charge >= 0.3 is 0 Å². The zero-order valence-electron chi connectivity index (χ0n) is 27.4. The number of hydrogen-bond donors (Lipinski definition) is 0. The van der Waals surface area contributed by atoms with Gasteiger partial charge in [0.1, 0.15) is 17.2 Å². The number of pyridine rings is 1. The van der Waals surface area contributed by atoms with E-state index in [9.17, 15) is 0 Å². The molecule has 0 saturated heterocycles. The molecule has 6 aromatic carbocycles. The zero-order valence-corrected chi connectivity index (χ0v) is 24.4. The third kappa shape index (κ3) is 4.06. The van der Waals surface area contributed by atoms with Crippen LogP contribution < -0.4 is 0 Å². The highest BCUT2D eigenvalue weighted by Crippen LogP contribution is 2.42. The Morgan fingerprint density at radius 2 is 1.39 bits per heavy atom. The first-order chi connectivity index (χ1) is 23.8. The average Bonchev–Trinajstić information content (AvgIpc) is 3.70. The van der Waals surface area contributed by atoms with Gasteiger partial charge in [0.25, 0.3) is 0 Å².